The van der Waals surface area contributed by atoms with E-state index in [4.69, 9.17) is 16.7 Å². The molecule has 0 saturated carbocycles. The van der Waals surface area contributed by atoms with Crippen molar-refractivity contribution >= 4 is 29.3 Å². The molecule has 5 nitrogen and oxygen atoms in total. The number of hydrogen-bond acceptors (Lipinski definition) is 3. The van der Waals surface area contributed by atoms with Crippen LogP contribution in [0, 0.1) is 10.1 Å². The molecule has 0 unspecified atom stereocenters. The molecule has 1 aromatic rings. The van der Waals surface area contributed by atoms with E-state index >= 15 is 0 Å². The average molecular weight is 228 g/mol. The van der Waals surface area contributed by atoms with Gasteiger partial charge in [-0.15, -0.1) is 0 Å². The first-order valence-electron chi connectivity index (χ1n) is 3.85. The van der Waals surface area contributed by atoms with Gasteiger partial charge in [-0.3, -0.25) is 10.1 Å². The molecule has 0 heterocycles. The molecule has 0 spiro atoms. The summed E-state index contributed by atoms with van der Waals surface area (Å²) in [5.41, 5.74) is 0.289. The molecule has 0 amide bonds. The summed E-state index contributed by atoms with van der Waals surface area (Å²) < 4.78 is 0. The largest absolute Gasteiger partial charge is 0.478 e. The van der Waals surface area contributed by atoms with Crippen LogP contribution >= 0.6 is 11.6 Å². The molecule has 0 aromatic heterocycles. The Morgan fingerprint density at radius 2 is 2.20 bits per heavy atom. The minimum Gasteiger partial charge on any atom is -0.478 e. The number of hydrogen-bond donors (Lipinski definition) is 1. The van der Waals surface area contributed by atoms with Gasteiger partial charge < -0.3 is 5.11 Å². The molecule has 15 heavy (non-hydrogen) atoms. The van der Waals surface area contributed by atoms with E-state index in [1.54, 1.807) is 0 Å². The van der Waals surface area contributed by atoms with Crippen molar-refractivity contribution in [1.82, 2.24) is 0 Å². The molecule has 78 valence electrons. The Morgan fingerprint density at radius 1 is 1.53 bits per heavy atom. The van der Waals surface area contributed by atoms with Gasteiger partial charge in [-0.05, 0) is 17.7 Å². The van der Waals surface area contributed by atoms with Gasteiger partial charge in [0.25, 0.3) is 5.69 Å². The predicted octanol–water partition coefficient (Wildman–Crippen LogP) is 2.35. The van der Waals surface area contributed by atoms with Crippen LogP contribution in [0.2, 0.25) is 5.02 Å². The summed E-state index contributed by atoms with van der Waals surface area (Å²) in [6, 6.07) is 3.82. The SMILES string of the molecule is O=C(O)/C=C\c1ccc([N+](=O)[O-])cc1Cl. The molecule has 0 saturated heterocycles. The van der Waals surface area contributed by atoms with Crippen LogP contribution in [0.4, 0.5) is 5.69 Å². The average Bonchev–Trinajstić information content (AvgIpc) is 2.15. The van der Waals surface area contributed by atoms with Gasteiger partial charge in [0.2, 0.25) is 0 Å². The fraction of sp³-hybridized carbons (Fsp3) is 0. The number of carboxylic acid groups (broad SMARTS) is 1. The number of carbonyl (C=O) groups is 1. The lowest BCUT2D eigenvalue weighted by atomic mass is 10.2. The standard InChI is InChI=1S/C9H6ClNO4/c10-8-5-7(11(14)15)3-1-6(8)2-4-9(12)13/h1-5H,(H,12,13)/b4-2-. The van der Waals surface area contributed by atoms with Crippen molar-refractivity contribution in [3.05, 3.63) is 45.0 Å². The smallest absolute Gasteiger partial charge is 0.328 e. The molecule has 0 aliphatic carbocycles. The lowest BCUT2D eigenvalue weighted by Crippen LogP contribution is -1.89. The number of carboxylic acids is 1. The third-order valence-corrected chi connectivity index (χ3v) is 1.93. The second-order valence-corrected chi connectivity index (χ2v) is 3.04. The highest BCUT2D eigenvalue weighted by atomic mass is 35.5. The number of aliphatic carboxylic acids is 1. The first-order chi connectivity index (χ1) is 7.00. The minimum absolute atomic E-state index is 0.132. The van der Waals surface area contributed by atoms with Gasteiger partial charge in [0.1, 0.15) is 0 Å². The number of rotatable bonds is 3. The van der Waals surface area contributed by atoms with E-state index in [1.165, 1.54) is 24.3 Å². The minimum atomic E-state index is -1.11. The summed E-state index contributed by atoms with van der Waals surface area (Å²) >= 11 is 5.71. The molecule has 0 fully saturated rings. The van der Waals surface area contributed by atoms with E-state index in [-0.39, 0.29) is 10.7 Å². The molecule has 0 atom stereocenters. The third kappa shape index (κ3) is 3.07. The van der Waals surface area contributed by atoms with Crippen molar-refractivity contribution in [2.75, 3.05) is 0 Å². The Hall–Kier alpha value is -1.88. The van der Waals surface area contributed by atoms with E-state index in [2.05, 4.69) is 0 Å². The van der Waals surface area contributed by atoms with Gasteiger partial charge >= 0.3 is 5.97 Å². The number of nitrogens with zero attached hydrogens (tertiary/aromatic N) is 1. The van der Waals surface area contributed by atoms with E-state index in [0.717, 1.165) is 6.08 Å². The number of benzene rings is 1. The summed E-state index contributed by atoms with van der Waals surface area (Å²) in [6.45, 7) is 0. The first-order valence-corrected chi connectivity index (χ1v) is 4.23. The van der Waals surface area contributed by atoms with E-state index in [1.807, 2.05) is 0 Å². The molecule has 0 aliphatic heterocycles. The highest BCUT2D eigenvalue weighted by Gasteiger charge is 2.07. The van der Waals surface area contributed by atoms with Gasteiger partial charge in [0.05, 0.1) is 9.95 Å². The Bertz CT molecular complexity index is 442. The summed E-state index contributed by atoms with van der Waals surface area (Å²) in [4.78, 5) is 20.0. The molecule has 0 bridgehead atoms. The Kier molecular flexibility index (Phi) is 3.41. The van der Waals surface area contributed by atoms with E-state index in [9.17, 15) is 14.9 Å². The highest BCUT2D eigenvalue weighted by molar-refractivity contribution is 6.32. The van der Waals surface area contributed by atoms with Gasteiger partial charge in [-0.2, -0.15) is 0 Å². The molecule has 1 aromatic carbocycles. The lowest BCUT2D eigenvalue weighted by molar-refractivity contribution is -0.384. The van der Waals surface area contributed by atoms with Crippen LogP contribution in [-0.2, 0) is 4.79 Å². The van der Waals surface area contributed by atoms with Gasteiger partial charge in [-0.1, -0.05) is 11.6 Å². The predicted molar refractivity (Wildman–Crippen MR) is 54.8 cm³/mol. The Morgan fingerprint density at radius 3 is 2.67 bits per heavy atom. The van der Waals surface area contributed by atoms with Crippen molar-refractivity contribution in [2.45, 2.75) is 0 Å². The second kappa shape index (κ2) is 4.56. The maximum absolute atomic E-state index is 10.4. The Labute approximate surface area is 89.7 Å². The van der Waals surface area contributed by atoms with Crippen molar-refractivity contribution in [1.29, 1.82) is 0 Å². The van der Waals surface area contributed by atoms with Gasteiger partial charge in [0.15, 0.2) is 0 Å². The van der Waals surface area contributed by atoms with Crippen LogP contribution in [0.5, 0.6) is 0 Å². The number of halogens is 1. The maximum atomic E-state index is 10.4. The second-order valence-electron chi connectivity index (χ2n) is 2.63. The third-order valence-electron chi connectivity index (χ3n) is 1.60. The first kappa shape index (κ1) is 11.2. The van der Waals surface area contributed by atoms with E-state index < -0.39 is 10.9 Å². The molecule has 1 rings (SSSR count). The normalized spacial score (nSPS) is 10.5. The molecule has 6 heteroatoms. The van der Waals surface area contributed by atoms with Crippen LogP contribution in [-0.4, -0.2) is 16.0 Å². The summed E-state index contributed by atoms with van der Waals surface area (Å²) in [6.07, 6.45) is 2.18. The monoisotopic (exact) mass is 227 g/mol. The van der Waals surface area contributed by atoms with E-state index in [0.29, 0.717) is 5.56 Å². The van der Waals surface area contributed by atoms with Crippen LogP contribution in [0.25, 0.3) is 6.08 Å². The number of non-ortho nitro benzene ring substituents is 1. The molecular formula is C9H6ClNO4. The molecule has 0 aliphatic rings. The fourth-order valence-corrected chi connectivity index (χ4v) is 1.16. The summed E-state index contributed by atoms with van der Waals surface area (Å²) in [5, 5.41) is 18.9. The highest BCUT2D eigenvalue weighted by Crippen LogP contribution is 2.23. The number of nitro groups is 1. The zero-order valence-electron chi connectivity index (χ0n) is 7.38. The topological polar surface area (TPSA) is 80.4 Å². The van der Waals surface area contributed by atoms with Crippen LogP contribution in [0.15, 0.2) is 24.3 Å². The van der Waals surface area contributed by atoms with Crippen molar-refractivity contribution in [2.24, 2.45) is 0 Å². The molecular weight excluding hydrogens is 222 g/mol. The van der Waals surface area contributed by atoms with Crippen molar-refractivity contribution < 1.29 is 14.8 Å². The van der Waals surface area contributed by atoms with Gasteiger partial charge in [0, 0.05) is 18.2 Å². The summed E-state index contributed by atoms with van der Waals surface area (Å²) in [7, 11) is 0. The summed E-state index contributed by atoms with van der Waals surface area (Å²) in [5.74, 6) is -1.11. The Balaban J connectivity index is 3.03. The van der Waals surface area contributed by atoms with Crippen molar-refractivity contribution in [3.63, 3.8) is 0 Å². The lowest BCUT2D eigenvalue weighted by Gasteiger charge is -1.97. The molecule has 1 N–H and O–H groups in total. The number of nitro benzene ring substituents is 1. The quantitative estimate of drug-likeness (QED) is 0.488. The van der Waals surface area contributed by atoms with Gasteiger partial charge in [-0.25, -0.2) is 4.79 Å². The maximum Gasteiger partial charge on any atom is 0.328 e. The zero-order valence-corrected chi connectivity index (χ0v) is 8.14. The van der Waals surface area contributed by atoms with Crippen molar-refractivity contribution in [3.8, 4) is 0 Å². The van der Waals surface area contributed by atoms with Crippen LogP contribution in [0.1, 0.15) is 5.56 Å². The fourth-order valence-electron chi connectivity index (χ4n) is 0.926. The van der Waals surface area contributed by atoms with Crippen LogP contribution < -0.4 is 0 Å². The zero-order chi connectivity index (χ0) is 11.4. The van der Waals surface area contributed by atoms with Crippen LogP contribution in [0.3, 0.4) is 0 Å². The molecule has 0 radical (unpaired) electrons.